The van der Waals surface area contributed by atoms with Gasteiger partial charge >= 0.3 is 0 Å². The van der Waals surface area contributed by atoms with Crippen molar-refractivity contribution in [3.05, 3.63) is 125 Å². The number of hydrogen-bond donors (Lipinski definition) is 0. The maximum Gasteiger partial charge on any atom is 0.0741 e. The summed E-state index contributed by atoms with van der Waals surface area (Å²) < 4.78 is 0. The predicted molar refractivity (Wildman–Crippen MR) is 122 cm³/mol. The first-order chi connectivity index (χ1) is 14.2. The summed E-state index contributed by atoms with van der Waals surface area (Å²) in [6.45, 7) is 4.33. The van der Waals surface area contributed by atoms with Gasteiger partial charge in [-0.25, -0.2) is 0 Å². The molecule has 140 valence electrons. The molecule has 0 radical (unpaired) electrons. The van der Waals surface area contributed by atoms with Crippen molar-refractivity contribution in [2.75, 3.05) is 0 Å². The van der Waals surface area contributed by atoms with Crippen molar-refractivity contribution >= 4 is 11.4 Å². The SMILES string of the molecule is Cc1cc(C)c2c(c1)-c1ccccc1[C@H](c1ccccc1)C(c1ccccc1)=N2. The second kappa shape index (κ2) is 7.18. The van der Waals surface area contributed by atoms with E-state index < -0.39 is 0 Å². The van der Waals surface area contributed by atoms with Crippen LogP contribution in [0.15, 0.2) is 102 Å². The van der Waals surface area contributed by atoms with Crippen LogP contribution < -0.4 is 0 Å². The van der Waals surface area contributed by atoms with Crippen molar-refractivity contribution in [2.24, 2.45) is 4.99 Å². The number of aliphatic imine (C=N–C) groups is 1. The molecule has 0 bridgehead atoms. The Kier molecular flexibility index (Phi) is 4.37. The summed E-state index contributed by atoms with van der Waals surface area (Å²) >= 11 is 0. The van der Waals surface area contributed by atoms with Crippen LogP contribution >= 0.6 is 0 Å². The lowest BCUT2D eigenvalue weighted by atomic mass is 9.81. The van der Waals surface area contributed by atoms with E-state index in [2.05, 4.69) is 111 Å². The van der Waals surface area contributed by atoms with Crippen molar-refractivity contribution in [2.45, 2.75) is 19.8 Å². The molecule has 0 fully saturated rings. The van der Waals surface area contributed by atoms with Crippen LogP contribution in [-0.2, 0) is 0 Å². The number of fused-ring (bicyclic) bond motifs is 3. The van der Waals surface area contributed by atoms with Crippen LogP contribution in [-0.4, -0.2) is 5.71 Å². The molecular weight excluding hydrogens is 350 g/mol. The third-order valence-electron chi connectivity index (χ3n) is 5.71. The largest absolute Gasteiger partial charge is 0.251 e. The van der Waals surface area contributed by atoms with Crippen molar-refractivity contribution in [3.63, 3.8) is 0 Å². The fraction of sp³-hybridized carbons (Fsp3) is 0.107. The highest BCUT2D eigenvalue weighted by Gasteiger charge is 2.29. The minimum atomic E-state index is 0.0851. The van der Waals surface area contributed by atoms with Gasteiger partial charge in [-0.15, -0.1) is 0 Å². The third-order valence-corrected chi connectivity index (χ3v) is 5.71. The molecule has 5 rings (SSSR count). The van der Waals surface area contributed by atoms with E-state index in [4.69, 9.17) is 4.99 Å². The average Bonchev–Trinajstić information content (AvgIpc) is 2.90. The molecule has 1 aliphatic heterocycles. The highest BCUT2D eigenvalue weighted by Crippen LogP contribution is 2.45. The maximum absolute atomic E-state index is 5.34. The quantitative estimate of drug-likeness (QED) is 0.351. The molecule has 0 saturated heterocycles. The fourth-order valence-electron chi connectivity index (χ4n) is 4.46. The number of aryl methyl sites for hydroxylation is 2. The van der Waals surface area contributed by atoms with Gasteiger partial charge in [0.1, 0.15) is 0 Å². The molecule has 0 spiro atoms. The Balaban J connectivity index is 1.90. The second-order valence-electron chi connectivity index (χ2n) is 7.77. The van der Waals surface area contributed by atoms with Gasteiger partial charge in [0.25, 0.3) is 0 Å². The van der Waals surface area contributed by atoms with Gasteiger partial charge in [0, 0.05) is 5.56 Å². The second-order valence-corrected chi connectivity index (χ2v) is 7.77. The minimum absolute atomic E-state index is 0.0851. The van der Waals surface area contributed by atoms with Gasteiger partial charge in [-0.2, -0.15) is 0 Å². The average molecular weight is 373 g/mol. The molecule has 1 heteroatoms. The fourth-order valence-corrected chi connectivity index (χ4v) is 4.46. The Morgan fingerprint density at radius 2 is 1.31 bits per heavy atom. The van der Waals surface area contributed by atoms with E-state index in [0.717, 1.165) is 11.4 Å². The van der Waals surface area contributed by atoms with Gasteiger partial charge < -0.3 is 0 Å². The van der Waals surface area contributed by atoms with E-state index in [0.29, 0.717) is 0 Å². The van der Waals surface area contributed by atoms with Crippen molar-refractivity contribution in [1.82, 2.24) is 0 Å². The lowest BCUT2D eigenvalue weighted by Crippen LogP contribution is -2.15. The first-order valence-electron chi connectivity index (χ1n) is 10.1. The minimum Gasteiger partial charge on any atom is -0.251 e. The molecule has 1 aliphatic rings. The van der Waals surface area contributed by atoms with Gasteiger partial charge in [-0.3, -0.25) is 4.99 Å². The molecule has 4 aromatic rings. The smallest absolute Gasteiger partial charge is 0.0741 e. The summed E-state index contributed by atoms with van der Waals surface area (Å²) in [6, 6.07) is 34.6. The zero-order valence-corrected chi connectivity index (χ0v) is 16.8. The Labute approximate surface area is 172 Å². The molecule has 1 heterocycles. The molecule has 1 nitrogen and oxygen atoms in total. The van der Waals surface area contributed by atoms with Gasteiger partial charge in [0.15, 0.2) is 0 Å². The number of benzene rings is 4. The Morgan fingerprint density at radius 3 is 2.07 bits per heavy atom. The molecule has 1 atom stereocenters. The summed E-state index contributed by atoms with van der Waals surface area (Å²) in [7, 11) is 0. The number of nitrogens with zero attached hydrogens (tertiary/aromatic N) is 1. The Morgan fingerprint density at radius 1 is 0.655 bits per heavy atom. The maximum atomic E-state index is 5.34. The lowest BCUT2D eigenvalue weighted by Gasteiger charge is -2.21. The summed E-state index contributed by atoms with van der Waals surface area (Å²) in [4.78, 5) is 5.34. The van der Waals surface area contributed by atoms with Crippen LogP contribution in [0.4, 0.5) is 5.69 Å². The van der Waals surface area contributed by atoms with Crippen LogP contribution in [0.2, 0.25) is 0 Å². The van der Waals surface area contributed by atoms with E-state index in [9.17, 15) is 0 Å². The molecule has 0 saturated carbocycles. The van der Waals surface area contributed by atoms with Crippen LogP contribution in [0.25, 0.3) is 11.1 Å². The molecule has 0 N–H and O–H groups in total. The molecule has 0 aliphatic carbocycles. The van der Waals surface area contributed by atoms with Gasteiger partial charge in [-0.1, -0.05) is 96.6 Å². The Hall–Kier alpha value is -3.45. The monoisotopic (exact) mass is 373 g/mol. The molecule has 29 heavy (non-hydrogen) atoms. The summed E-state index contributed by atoms with van der Waals surface area (Å²) in [6.07, 6.45) is 0. The van der Waals surface area contributed by atoms with E-state index >= 15 is 0 Å². The lowest BCUT2D eigenvalue weighted by molar-refractivity contribution is 1.08. The van der Waals surface area contributed by atoms with Gasteiger partial charge in [0.05, 0.1) is 17.3 Å². The van der Waals surface area contributed by atoms with Gasteiger partial charge in [-0.05, 0) is 47.7 Å². The first kappa shape index (κ1) is 17.6. The summed E-state index contributed by atoms with van der Waals surface area (Å²) in [5.41, 5.74) is 10.9. The molecule has 0 unspecified atom stereocenters. The topological polar surface area (TPSA) is 12.4 Å². The zero-order chi connectivity index (χ0) is 19.8. The van der Waals surface area contributed by atoms with E-state index in [-0.39, 0.29) is 5.92 Å². The normalized spacial score (nSPS) is 15.1. The van der Waals surface area contributed by atoms with Crippen molar-refractivity contribution in [3.8, 4) is 11.1 Å². The van der Waals surface area contributed by atoms with E-state index in [1.165, 1.54) is 38.9 Å². The molecule has 0 amide bonds. The number of hydrogen-bond acceptors (Lipinski definition) is 1. The van der Waals surface area contributed by atoms with Crippen molar-refractivity contribution < 1.29 is 0 Å². The standard InChI is InChI=1S/C28H23N/c1-19-17-20(2)27-25(18-19)23-15-9-10-16-24(23)26(21-11-5-3-6-12-21)28(29-27)22-13-7-4-8-14-22/h3-18,26H,1-2H3/t26-/m0/s1. The Bertz CT molecular complexity index is 1200. The van der Waals surface area contributed by atoms with Crippen LogP contribution in [0, 0.1) is 13.8 Å². The highest BCUT2D eigenvalue weighted by atomic mass is 14.8. The highest BCUT2D eigenvalue weighted by molar-refractivity contribution is 6.11. The van der Waals surface area contributed by atoms with E-state index in [1.54, 1.807) is 0 Å². The van der Waals surface area contributed by atoms with Crippen LogP contribution in [0.1, 0.15) is 33.7 Å². The van der Waals surface area contributed by atoms with Gasteiger partial charge in [0.2, 0.25) is 0 Å². The van der Waals surface area contributed by atoms with Crippen LogP contribution in [0.3, 0.4) is 0 Å². The molecule has 4 aromatic carbocycles. The molecular formula is C28H23N. The predicted octanol–water partition coefficient (Wildman–Crippen LogP) is 7.24. The first-order valence-corrected chi connectivity index (χ1v) is 10.1. The van der Waals surface area contributed by atoms with Crippen molar-refractivity contribution in [1.29, 1.82) is 0 Å². The number of rotatable bonds is 2. The summed E-state index contributed by atoms with van der Waals surface area (Å²) in [5, 5.41) is 0. The molecule has 0 aromatic heterocycles. The summed E-state index contributed by atoms with van der Waals surface area (Å²) in [5.74, 6) is 0.0851. The van der Waals surface area contributed by atoms with E-state index in [1.807, 2.05) is 0 Å². The zero-order valence-electron chi connectivity index (χ0n) is 16.8. The third kappa shape index (κ3) is 3.09. The van der Waals surface area contributed by atoms with Crippen LogP contribution in [0.5, 0.6) is 0 Å².